The molecule has 4 heteroatoms. The van der Waals surface area contributed by atoms with E-state index >= 15 is 0 Å². The summed E-state index contributed by atoms with van der Waals surface area (Å²) < 4.78 is 5.63. The van der Waals surface area contributed by atoms with Gasteiger partial charge in [0.15, 0.2) is 5.78 Å². The van der Waals surface area contributed by atoms with E-state index in [9.17, 15) is 9.59 Å². The fourth-order valence-corrected chi connectivity index (χ4v) is 2.44. The Kier molecular flexibility index (Phi) is 2.18. The molecule has 2 aliphatic rings. The smallest absolute Gasteiger partial charge is 0.231 e. The number of ether oxygens (including phenoxy) is 1. The Morgan fingerprint density at radius 2 is 2.24 bits per heavy atom. The topological polar surface area (TPSA) is 46.6 Å². The molecule has 0 radical (unpaired) electrons. The molecule has 3 rings (SSSR count). The number of rotatable bonds is 1. The monoisotopic (exact) mass is 231 g/mol. The van der Waals surface area contributed by atoms with E-state index in [0.29, 0.717) is 30.9 Å². The lowest BCUT2D eigenvalue weighted by molar-refractivity contribution is -0.117. The molecular weight excluding hydrogens is 218 g/mol. The Bertz CT molecular complexity index is 522. The molecule has 0 atom stereocenters. The molecule has 88 valence electrons. The lowest BCUT2D eigenvalue weighted by Gasteiger charge is -2.15. The van der Waals surface area contributed by atoms with Gasteiger partial charge < -0.3 is 9.64 Å². The molecule has 2 heterocycles. The number of hydrogen-bond acceptors (Lipinski definition) is 3. The fraction of sp³-hybridized carbons (Fsp3) is 0.385. The fourth-order valence-electron chi connectivity index (χ4n) is 2.44. The molecule has 0 aromatic heterocycles. The first-order valence-electron chi connectivity index (χ1n) is 5.78. The summed E-state index contributed by atoms with van der Waals surface area (Å²) in [5.41, 5.74) is 2.41. The van der Waals surface area contributed by atoms with Crippen LogP contribution in [-0.2, 0) is 11.2 Å². The summed E-state index contributed by atoms with van der Waals surface area (Å²) in [6.45, 7) is 2.83. The highest BCUT2D eigenvalue weighted by molar-refractivity contribution is 6.05. The van der Waals surface area contributed by atoms with Crippen molar-refractivity contribution in [2.45, 2.75) is 19.8 Å². The summed E-state index contributed by atoms with van der Waals surface area (Å²) in [6, 6.07) is 3.56. The third-order valence-corrected chi connectivity index (χ3v) is 3.26. The Balaban J connectivity index is 2.20. The van der Waals surface area contributed by atoms with E-state index in [1.165, 1.54) is 6.92 Å². The van der Waals surface area contributed by atoms with Gasteiger partial charge in [0, 0.05) is 12.1 Å². The first kappa shape index (κ1) is 10.3. The van der Waals surface area contributed by atoms with Gasteiger partial charge in [-0.15, -0.1) is 0 Å². The maximum Gasteiger partial charge on any atom is 0.231 e. The van der Waals surface area contributed by atoms with Gasteiger partial charge in [-0.2, -0.15) is 0 Å². The molecule has 17 heavy (non-hydrogen) atoms. The minimum atomic E-state index is 0.00259. The largest absolute Gasteiger partial charge is 0.491 e. The average molecular weight is 231 g/mol. The molecule has 0 saturated carbocycles. The predicted octanol–water partition coefficient (Wildman–Crippen LogP) is 1.56. The van der Waals surface area contributed by atoms with Crippen LogP contribution in [0.25, 0.3) is 0 Å². The number of carbonyl (C=O) groups excluding carboxylic acids is 2. The first-order valence-corrected chi connectivity index (χ1v) is 5.78. The molecule has 0 N–H and O–H groups in total. The van der Waals surface area contributed by atoms with Crippen molar-refractivity contribution >= 4 is 17.4 Å². The summed E-state index contributed by atoms with van der Waals surface area (Å²) in [7, 11) is 0. The highest BCUT2D eigenvalue weighted by atomic mass is 16.5. The van der Waals surface area contributed by atoms with Crippen molar-refractivity contribution in [3.05, 3.63) is 23.3 Å². The van der Waals surface area contributed by atoms with Crippen molar-refractivity contribution in [2.75, 3.05) is 18.1 Å². The lowest BCUT2D eigenvalue weighted by atomic mass is 10.0. The number of benzene rings is 1. The molecule has 0 spiro atoms. The minimum absolute atomic E-state index is 0.00259. The number of amides is 1. The zero-order chi connectivity index (χ0) is 12.0. The zero-order valence-electron chi connectivity index (χ0n) is 9.66. The van der Waals surface area contributed by atoms with Crippen LogP contribution in [0.1, 0.15) is 29.3 Å². The van der Waals surface area contributed by atoms with Crippen LogP contribution in [0.4, 0.5) is 5.69 Å². The second-order valence-electron chi connectivity index (χ2n) is 4.46. The Morgan fingerprint density at radius 1 is 1.41 bits per heavy atom. The SMILES string of the molecule is CC(=O)c1cc2c3c(c1)OCCCN3C(=O)C2. The number of carbonyl (C=O) groups is 2. The van der Waals surface area contributed by atoms with Crippen LogP contribution in [0.2, 0.25) is 0 Å². The minimum Gasteiger partial charge on any atom is -0.491 e. The Hall–Kier alpha value is -1.84. The Morgan fingerprint density at radius 3 is 3.00 bits per heavy atom. The molecule has 1 aromatic carbocycles. The van der Waals surface area contributed by atoms with Crippen LogP contribution in [0, 0.1) is 0 Å². The highest BCUT2D eigenvalue weighted by Crippen LogP contribution is 2.40. The van der Waals surface area contributed by atoms with Crippen LogP contribution >= 0.6 is 0 Å². The third kappa shape index (κ3) is 1.52. The normalized spacial score (nSPS) is 17.5. The number of anilines is 1. The average Bonchev–Trinajstić information content (AvgIpc) is 2.48. The van der Waals surface area contributed by atoms with Gasteiger partial charge in [-0.1, -0.05) is 0 Å². The molecule has 0 aliphatic carbocycles. The molecule has 0 fully saturated rings. The van der Waals surface area contributed by atoms with E-state index < -0.39 is 0 Å². The van der Waals surface area contributed by atoms with Crippen LogP contribution < -0.4 is 9.64 Å². The number of ketones is 1. The Labute approximate surface area is 99.2 Å². The van der Waals surface area contributed by atoms with E-state index in [4.69, 9.17) is 4.74 Å². The summed E-state index contributed by atoms with van der Waals surface area (Å²) in [5.74, 6) is 0.784. The van der Waals surface area contributed by atoms with E-state index in [1.807, 2.05) is 6.07 Å². The van der Waals surface area contributed by atoms with Gasteiger partial charge in [0.25, 0.3) is 0 Å². The van der Waals surface area contributed by atoms with E-state index in [2.05, 4.69) is 0 Å². The summed E-state index contributed by atoms with van der Waals surface area (Å²) in [4.78, 5) is 25.1. The molecule has 1 amide bonds. The molecule has 0 unspecified atom stereocenters. The van der Waals surface area contributed by atoms with Gasteiger partial charge >= 0.3 is 0 Å². The summed E-state index contributed by atoms with van der Waals surface area (Å²) >= 11 is 0. The second-order valence-corrected chi connectivity index (χ2v) is 4.46. The standard InChI is InChI=1S/C13H13NO3/c1-8(15)9-5-10-7-12(16)14-3-2-4-17-11(6-9)13(10)14/h5-6H,2-4,7H2,1H3. The van der Waals surface area contributed by atoms with Gasteiger partial charge in [-0.25, -0.2) is 0 Å². The van der Waals surface area contributed by atoms with Crippen LogP contribution in [0.5, 0.6) is 5.75 Å². The summed E-state index contributed by atoms with van der Waals surface area (Å²) in [5, 5.41) is 0. The molecular formula is C13H13NO3. The van der Waals surface area contributed by atoms with E-state index in [1.54, 1.807) is 11.0 Å². The van der Waals surface area contributed by atoms with Crippen molar-refractivity contribution in [1.82, 2.24) is 0 Å². The van der Waals surface area contributed by atoms with Crippen molar-refractivity contribution in [3.8, 4) is 5.75 Å². The molecule has 0 bridgehead atoms. The van der Waals surface area contributed by atoms with Crippen molar-refractivity contribution in [2.24, 2.45) is 0 Å². The van der Waals surface area contributed by atoms with E-state index in [-0.39, 0.29) is 11.7 Å². The second kappa shape index (κ2) is 3.58. The number of Topliss-reactive ketones (excluding diaryl/α,β-unsaturated/α-hetero) is 1. The molecule has 0 saturated heterocycles. The van der Waals surface area contributed by atoms with Gasteiger partial charge in [0.2, 0.25) is 5.91 Å². The van der Waals surface area contributed by atoms with Crippen LogP contribution in [0.3, 0.4) is 0 Å². The summed E-state index contributed by atoms with van der Waals surface area (Å²) in [6.07, 6.45) is 1.21. The number of hydrogen-bond donors (Lipinski definition) is 0. The van der Waals surface area contributed by atoms with Crippen LogP contribution in [-0.4, -0.2) is 24.8 Å². The number of nitrogens with zero attached hydrogens (tertiary/aromatic N) is 1. The van der Waals surface area contributed by atoms with Crippen molar-refractivity contribution in [1.29, 1.82) is 0 Å². The third-order valence-electron chi connectivity index (χ3n) is 3.26. The highest BCUT2D eigenvalue weighted by Gasteiger charge is 2.32. The van der Waals surface area contributed by atoms with Crippen molar-refractivity contribution in [3.63, 3.8) is 0 Å². The van der Waals surface area contributed by atoms with Gasteiger partial charge in [-0.3, -0.25) is 9.59 Å². The quantitative estimate of drug-likeness (QED) is 0.689. The van der Waals surface area contributed by atoms with Crippen molar-refractivity contribution < 1.29 is 14.3 Å². The lowest BCUT2D eigenvalue weighted by Crippen LogP contribution is -2.27. The molecule has 4 nitrogen and oxygen atoms in total. The van der Waals surface area contributed by atoms with Gasteiger partial charge in [-0.05, 0) is 31.0 Å². The molecule has 2 aliphatic heterocycles. The first-order chi connectivity index (χ1) is 8.16. The maximum absolute atomic E-state index is 11.9. The zero-order valence-corrected chi connectivity index (χ0v) is 9.66. The van der Waals surface area contributed by atoms with E-state index in [0.717, 1.165) is 17.7 Å². The van der Waals surface area contributed by atoms with Gasteiger partial charge in [0.1, 0.15) is 5.75 Å². The maximum atomic E-state index is 11.9. The van der Waals surface area contributed by atoms with Crippen LogP contribution in [0.15, 0.2) is 12.1 Å². The molecule has 1 aromatic rings. The van der Waals surface area contributed by atoms with Gasteiger partial charge in [0.05, 0.1) is 18.7 Å². The predicted molar refractivity (Wildman–Crippen MR) is 62.6 cm³/mol.